The van der Waals surface area contributed by atoms with Crippen LogP contribution in [0.25, 0.3) is 0 Å². The van der Waals surface area contributed by atoms with Gasteiger partial charge in [-0.3, -0.25) is 0 Å². The lowest BCUT2D eigenvalue weighted by molar-refractivity contribution is 1.06. The Morgan fingerprint density at radius 1 is 1.38 bits per heavy atom. The maximum atomic E-state index is 5.81. The molecule has 2 rings (SSSR count). The van der Waals surface area contributed by atoms with Gasteiger partial charge in [0.1, 0.15) is 0 Å². The lowest BCUT2D eigenvalue weighted by atomic mass is 10.1. The molecule has 0 saturated heterocycles. The molecule has 1 aromatic carbocycles. The number of benzene rings is 1. The van der Waals surface area contributed by atoms with Crippen molar-refractivity contribution in [3.05, 3.63) is 27.7 Å². The Morgan fingerprint density at radius 2 is 1.94 bits per heavy atom. The van der Waals surface area contributed by atoms with E-state index in [1.54, 1.807) is 0 Å². The number of aliphatic imine (C=N–C) groups is 1. The molecule has 4 heteroatoms. The number of guanidine groups is 1. The third kappa shape index (κ3) is 2.76. The molecule has 0 aliphatic heterocycles. The quantitative estimate of drug-likeness (QED) is 0.647. The number of nitrogens with two attached hydrogens (primary N) is 1. The molecule has 0 amide bonds. The summed E-state index contributed by atoms with van der Waals surface area (Å²) in [5, 5.41) is 3.13. The van der Waals surface area contributed by atoms with E-state index in [0.717, 1.165) is 10.2 Å². The lowest BCUT2D eigenvalue weighted by Crippen LogP contribution is -2.23. The van der Waals surface area contributed by atoms with Crippen LogP contribution >= 0.6 is 15.9 Å². The molecule has 1 aliphatic rings. The minimum Gasteiger partial charge on any atom is -0.370 e. The Bertz CT molecular complexity index is 413. The van der Waals surface area contributed by atoms with Crippen molar-refractivity contribution in [1.82, 2.24) is 0 Å². The van der Waals surface area contributed by atoms with Crippen LogP contribution in [0.15, 0.2) is 21.6 Å². The van der Waals surface area contributed by atoms with Crippen LogP contribution in [0, 0.1) is 13.8 Å². The first-order valence-electron chi connectivity index (χ1n) is 5.43. The van der Waals surface area contributed by atoms with Gasteiger partial charge in [0.15, 0.2) is 5.96 Å². The molecule has 1 fully saturated rings. The first kappa shape index (κ1) is 11.5. The molecular weight excluding hydrogens is 266 g/mol. The highest BCUT2D eigenvalue weighted by atomic mass is 79.9. The van der Waals surface area contributed by atoms with E-state index in [-0.39, 0.29) is 0 Å². The molecule has 0 atom stereocenters. The minimum atomic E-state index is 0.449. The molecule has 1 aliphatic carbocycles. The van der Waals surface area contributed by atoms with Crippen molar-refractivity contribution < 1.29 is 0 Å². The van der Waals surface area contributed by atoms with Gasteiger partial charge in [0.2, 0.25) is 0 Å². The fraction of sp³-hybridized carbons (Fsp3) is 0.417. The highest BCUT2D eigenvalue weighted by Gasteiger charge is 2.20. The van der Waals surface area contributed by atoms with Crippen LogP contribution in [0.1, 0.15) is 24.0 Å². The number of rotatable bonds is 2. The Labute approximate surface area is 104 Å². The Morgan fingerprint density at radius 3 is 2.44 bits per heavy atom. The van der Waals surface area contributed by atoms with E-state index in [0.29, 0.717) is 12.0 Å². The summed E-state index contributed by atoms with van der Waals surface area (Å²) < 4.78 is 1.15. The molecule has 0 radical (unpaired) electrons. The van der Waals surface area contributed by atoms with Crippen molar-refractivity contribution in [2.75, 3.05) is 5.32 Å². The van der Waals surface area contributed by atoms with E-state index in [4.69, 9.17) is 5.73 Å². The van der Waals surface area contributed by atoms with Gasteiger partial charge in [0.05, 0.1) is 6.04 Å². The summed E-state index contributed by atoms with van der Waals surface area (Å²) in [6, 6.07) is 4.57. The Kier molecular flexibility index (Phi) is 3.19. The molecule has 0 spiro atoms. The van der Waals surface area contributed by atoms with Gasteiger partial charge in [-0.2, -0.15) is 0 Å². The molecule has 1 aromatic rings. The zero-order valence-electron chi connectivity index (χ0n) is 9.55. The maximum absolute atomic E-state index is 5.81. The smallest absolute Gasteiger partial charge is 0.193 e. The average Bonchev–Trinajstić information content (AvgIpc) is 2.97. The van der Waals surface area contributed by atoms with Crippen LogP contribution in [0.4, 0.5) is 5.69 Å². The first-order valence-corrected chi connectivity index (χ1v) is 6.22. The van der Waals surface area contributed by atoms with Gasteiger partial charge in [-0.25, -0.2) is 4.99 Å². The summed E-state index contributed by atoms with van der Waals surface area (Å²) in [4.78, 5) is 4.34. The number of nitrogens with one attached hydrogen (secondary N) is 1. The van der Waals surface area contributed by atoms with Crippen molar-refractivity contribution in [1.29, 1.82) is 0 Å². The molecule has 1 saturated carbocycles. The fourth-order valence-corrected chi connectivity index (χ4v) is 1.83. The highest BCUT2D eigenvalue weighted by Crippen LogP contribution is 2.26. The normalized spacial score (nSPS) is 16.3. The monoisotopic (exact) mass is 281 g/mol. The van der Waals surface area contributed by atoms with Gasteiger partial charge < -0.3 is 11.1 Å². The van der Waals surface area contributed by atoms with Crippen LogP contribution < -0.4 is 11.1 Å². The molecule has 0 heterocycles. The SMILES string of the molecule is Cc1cc(NC(N)=NC2CC2)cc(C)c1Br. The van der Waals surface area contributed by atoms with Crippen LogP contribution in [0.5, 0.6) is 0 Å². The minimum absolute atomic E-state index is 0.449. The highest BCUT2D eigenvalue weighted by molar-refractivity contribution is 9.10. The molecule has 16 heavy (non-hydrogen) atoms. The van der Waals surface area contributed by atoms with Gasteiger partial charge >= 0.3 is 0 Å². The number of aryl methyl sites for hydroxylation is 2. The Balaban J connectivity index is 2.14. The lowest BCUT2D eigenvalue weighted by Gasteiger charge is -2.09. The topological polar surface area (TPSA) is 50.4 Å². The molecule has 3 nitrogen and oxygen atoms in total. The van der Waals surface area contributed by atoms with Gasteiger partial charge in [-0.15, -0.1) is 0 Å². The van der Waals surface area contributed by atoms with Crippen LogP contribution in [-0.4, -0.2) is 12.0 Å². The number of hydrogen-bond acceptors (Lipinski definition) is 1. The number of halogens is 1. The van der Waals surface area contributed by atoms with E-state index in [1.165, 1.54) is 24.0 Å². The van der Waals surface area contributed by atoms with Gasteiger partial charge in [-0.05, 0) is 49.9 Å². The van der Waals surface area contributed by atoms with Crippen molar-refractivity contribution >= 4 is 27.6 Å². The van der Waals surface area contributed by atoms with E-state index in [1.807, 2.05) is 0 Å². The molecule has 0 bridgehead atoms. The second-order valence-electron chi connectivity index (χ2n) is 4.29. The standard InChI is InChI=1S/C12H16BrN3/c1-7-5-10(6-8(2)11(7)13)16-12(14)15-9-3-4-9/h5-6,9H,3-4H2,1-2H3,(H3,14,15,16). The summed E-state index contributed by atoms with van der Waals surface area (Å²) in [6.45, 7) is 4.13. The molecular formula is C12H16BrN3. The van der Waals surface area contributed by atoms with Gasteiger partial charge in [0.25, 0.3) is 0 Å². The average molecular weight is 282 g/mol. The van der Waals surface area contributed by atoms with E-state index in [9.17, 15) is 0 Å². The van der Waals surface area contributed by atoms with Crippen molar-refractivity contribution in [2.24, 2.45) is 10.7 Å². The van der Waals surface area contributed by atoms with Gasteiger partial charge in [-0.1, -0.05) is 15.9 Å². The predicted octanol–water partition coefficient (Wildman–Crippen LogP) is 2.95. The van der Waals surface area contributed by atoms with E-state index >= 15 is 0 Å². The molecule has 3 N–H and O–H groups in total. The summed E-state index contributed by atoms with van der Waals surface area (Å²) in [5.41, 5.74) is 9.20. The molecule has 0 unspecified atom stereocenters. The van der Waals surface area contributed by atoms with Crippen LogP contribution in [-0.2, 0) is 0 Å². The third-order valence-electron chi connectivity index (χ3n) is 2.58. The van der Waals surface area contributed by atoms with Gasteiger partial charge in [0, 0.05) is 10.2 Å². The summed E-state index contributed by atoms with van der Waals surface area (Å²) in [6.07, 6.45) is 2.33. The largest absolute Gasteiger partial charge is 0.370 e. The maximum Gasteiger partial charge on any atom is 0.193 e. The fourth-order valence-electron chi connectivity index (χ4n) is 1.60. The summed E-state index contributed by atoms with van der Waals surface area (Å²) in [7, 11) is 0. The second kappa shape index (κ2) is 4.45. The second-order valence-corrected chi connectivity index (χ2v) is 5.09. The first-order chi connectivity index (χ1) is 7.56. The van der Waals surface area contributed by atoms with E-state index < -0.39 is 0 Å². The number of hydrogen-bond donors (Lipinski definition) is 2. The number of anilines is 1. The zero-order chi connectivity index (χ0) is 11.7. The summed E-state index contributed by atoms with van der Waals surface area (Å²) in [5.74, 6) is 0.517. The van der Waals surface area contributed by atoms with Crippen molar-refractivity contribution in [3.63, 3.8) is 0 Å². The predicted molar refractivity (Wildman–Crippen MR) is 71.9 cm³/mol. The van der Waals surface area contributed by atoms with E-state index in [2.05, 4.69) is 52.2 Å². The van der Waals surface area contributed by atoms with Crippen molar-refractivity contribution in [3.8, 4) is 0 Å². The zero-order valence-corrected chi connectivity index (χ0v) is 11.1. The number of nitrogens with zero attached hydrogens (tertiary/aromatic N) is 1. The third-order valence-corrected chi connectivity index (χ3v) is 3.83. The molecule has 0 aromatic heterocycles. The Hall–Kier alpha value is -1.03. The van der Waals surface area contributed by atoms with Crippen molar-refractivity contribution in [2.45, 2.75) is 32.7 Å². The molecule has 86 valence electrons. The summed E-state index contributed by atoms with van der Waals surface area (Å²) >= 11 is 3.54. The van der Waals surface area contributed by atoms with Crippen LogP contribution in [0.3, 0.4) is 0 Å². The van der Waals surface area contributed by atoms with Crippen LogP contribution in [0.2, 0.25) is 0 Å².